The molecule has 6 heteroatoms. The Balaban J connectivity index is 2.15. The molecule has 0 radical (unpaired) electrons. The van der Waals surface area contributed by atoms with Gasteiger partial charge in [-0.2, -0.15) is 0 Å². The van der Waals surface area contributed by atoms with Gasteiger partial charge in [0.1, 0.15) is 0 Å². The van der Waals surface area contributed by atoms with E-state index in [1.165, 1.54) is 26.4 Å². The van der Waals surface area contributed by atoms with Crippen molar-refractivity contribution in [3.05, 3.63) is 57.1 Å². The minimum absolute atomic E-state index is 0.178. The highest BCUT2D eigenvalue weighted by Crippen LogP contribution is 2.36. The fourth-order valence-electron chi connectivity index (χ4n) is 2.59. The lowest BCUT2D eigenvalue weighted by Crippen LogP contribution is -2.15. The number of methoxy groups -OCH3 is 2. The average Bonchev–Trinajstić information content (AvgIpc) is 2.61. The zero-order chi connectivity index (χ0) is 19.4. The number of carbonyl (C=O) groups excluding carboxylic acids is 2. The molecule has 2 rings (SSSR count). The summed E-state index contributed by atoms with van der Waals surface area (Å²) in [7, 11) is 2.89. The summed E-state index contributed by atoms with van der Waals surface area (Å²) in [6.45, 7) is 5.42. The Bertz CT molecular complexity index is 858. The minimum atomic E-state index is -0.664. The molecule has 26 heavy (non-hydrogen) atoms. The molecule has 0 bridgehead atoms. The molecular formula is C20H21ClO5. The van der Waals surface area contributed by atoms with Crippen molar-refractivity contribution in [3.63, 3.8) is 0 Å². The predicted octanol–water partition coefficient (Wildman–Crippen LogP) is 4.32. The van der Waals surface area contributed by atoms with Gasteiger partial charge < -0.3 is 14.2 Å². The van der Waals surface area contributed by atoms with Crippen LogP contribution in [0.1, 0.15) is 37.4 Å². The number of rotatable bonds is 6. The van der Waals surface area contributed by atoms with Crippen LogP contribution < -0.4 is 9.47 Å². The van der Waals surface area contributed by atoms with Crippen molar-refractivity contribution in [2.45, 2.75) is 20.8 Å². The van der Waals surface area contributed by atoms with Gasteiger partial charge in [-0.15, -0.1) is 0 Å². The van der Waals surface area contributed by atoms with E-state index in [1.807, 2.05) is 32.9 Å². The maximum Gasteiger partial charge on any atom is 0.338 e. The monoisotopic (exact) mass is 376 g/mol. The Morgan fingerprint density at radius 1 is 0.923 bits per heavy atom. The van der Waals surface area contributed by atoms with Gasteiger partial charge in [0.25, 0.3) is 0 Å². The third-order valence-corrected chi connectivity index (χ3v) is 4.43. The molecule has 0 spiro atoms. The molecule has 2 aromatic rings. The van der Waals surface area contributed by atoms with Crippen molar-refractivity contribution in [3.8, 4) is 11.5 Å². The Hall–Kier alpha value is -2.53. The van der Waals surface area contributed by atoms with Crippen molar-refractivity contribution in [2.75, 3.05) is 20.8 Å². The summed E-state index contributed by atoms with van der Waals surface area (Å²) in [5, 5.41) is 0.218. The van der Waals surface area contributed by atoms with E-state index in [2.05, 4.69) is 0 Å². The molecule has 0 atom stereocenters. The van der Waals surface area contributed by atoms with Gasteiger partial charge in [-0.3, -0.25) is 4.79 Å². The SMILES string of the molecule is COc1cc(C(=O)OCC(=O)c2cc(C)c(C)cc2C)cc(Cl)c1OC. The van der Waals surface area contributed by atoms with Crippen molar-refractivity contribution in [1.29, 1.82) is 0 Å². The van der Waals surface area contributed by atoms with Gasteiger partial charge in [-0.05, 0) is 55.7 Å². The Labute approximate surface area is 157 Å². The molecule has 0 fully saturated rings. The smallest absolute Gasteiger partial charge is 0.338 e. The van der Waals surface area contributed by atoms with Crippen LogP contribution in [0.2, 0.25) is 5.02 Å². The van der Waals surface area contributed by atoms with E-state index >= 15 is 0 Å². The molecular weight excluding hydrogens is 356 g/mol. The van der Waals surface area contributed by atoms with Crippen LogP contribution in [0.3, 0.4) is 0 Å². The fraction of sp³-hybridized carbons (Fsp3) is 0.300. The van der Waals surface area contributed by atoms with Gasteiger partial charge in [-0.25, -0.2) is 4.79 Å². The number of Topliss-reactive ketones (excluding diaryl/α,β-unsaturated/α-hetero) is 1. The van der Waals surface area contributed by atoms with Gasteiger partial charge in [0, 0.05) is 5.56 Å². The molecule has 0 aromatic heterocycles. The van der Waals surface area contributed by atoms with Crippen molar-refractivity contribution in [1.82, 2.24) is 0 Å². The van der Waals surface area contributed by atoms with E-state index in [4.69, 9.17) is 25.8 Å². The zero-order valence-electron chi connectivity index (χ0n) is 15.4. The van der Waals surface area contributed by atoms with Crippen LogP contribution in [0.4, 0.5) is 0 Å². The molecule has 0 saturated heterocycles. The molecule has 0 unspecified atom stereocenters. The van der Waals surface area contributed by atoms with Crippen LogP contribution in [-0.2, 0) is 4.74 Å². The van der Waals surface area contributed by atoms with E-state index in [9.17, 15) is 9.59 Å². The number of ether oxygens (including phenoxy) is 3. The first-order valence-corrected chi connectivity index (χ1v) is 8.36. The zero-order valence-corrected chi connectivity index (χ0v) is 16.2. The van der Waals surface area contributed by atoms with Gasteiger partial charge in [0.2, 0.25) is 5.78 Å². The summed E-state index contributed by atoms with van der Waals surface area (Å²) >= 11 is 6.09. The molecule has 0 N–H and O–H groups in total. The minimum Gasteiger partial charge on any atom is -0.493 e. The normalized spacial score (nSPS) is 10.4. The summed E-state index contributed by atoms with van der Waals surface area (Å²) < 4.78 is 15.4. The lowest BCUT2D eigenvalue weighted by Gasteiger charge is -2.12. The lowest BCUT2D eigenvalue weighted by atomic mass is 9.98. The van der Waals surface area contributed by atoms with Gasteiger partial charge in [-0.1, -0.05) is 17.7 Å². The van der Waals surface area contributed by atoms with Crippen LogP contribution in [0.15, 0.2) is 24.3 Å². The topological polar surface area (TPSA) is 61.8 Å². The third kappa shape index (κ3) is 4.17. The number of ketones is 1. The molecule has 0 aliphatic rings. The first kappa shape index (κ1) is 19.8. The summed E-state index contributed by atoms with van der Waals surface area (Å²) in [5.41, 5.74) is 3.69. The molecule has 0 aliphatic carbocycles. The van der Waals surface area contributed by atoms with Crippen LogP contribution in [0, 0.1) is 20.8 Å². The Kier molecular flexibility index (Phi) is 6.27. The second-order valence-corrected chi connectivity index (χ2v) is 6.35. The number of aryl methyl sites for hydroxylation is 3. The second kappa shape index (κ2) is 8.23. The highest BCUT2D eigenvalue weighted by molar-refractivity contribution is 6.32. The van der Waals surface area contributed by atoms with E-state index in [0.29, 0.717) is 17.1 Å². The van der Waals surface area contributed by atoms with Crippen LogP contribution in [0.25, 0.3) is 0 Å². The molecule has 138 valence electrons. The standard InChI is InChI=1S/C20H21ClO5/c1-11-6-13(3)15(7-12(11)2)17(22)10-26-20(23)14-8-16(21)19(25-5)18(9-14)24-4/h6-9H,10H2,1-5H3. The number of hydrogen-bond donors (Lipinski definition) is 0. The predicted molar refractivity (Wildman–Crippen MR) is 99.8 cm³/mol. The highest BCUT2D eigenvalue weighted by Gasteiger charge is 2.18. The average molecular weight is 377 g/mol. The molecule has 5 nitrogen and oxygen atoms in total. The quantitative estimate of drug-likeness (QED) is 0.555. The first-order valence-electron chi connectivity index (χ1n) is 7.98. The maximum absolute atomic E-state index is 12.4. The fourth-order valence-corrected chi connectivity index (χ4v) is 2.88. The largest absolute Gasteiger partial charge is 0.493 e. The first-order chi connectivity index (χ1) is 12.3. The summed E-state index contributed by atoms with van der Waals surface area (Å²) in [4.78, 5) is 24.7. The lowest BCUT2D eigenvalue weighted by molar-refractivity contribution is 0.0474. The third-order valence-electron chi connectivity index (χ3n) is 4.14. The second-order valence-electron chi connectivity index (χ2n) is 5.94. The summed E-state index contributed by atoms with van der Waals surface area (Å²) in [6, 6.07) is 6.63. The van der Waals surface area contributed by atoms with E-state index < -0.39 is 5.97 Å². The van der Waals surface area contributed by atoms with Gasteiger partial charge in [0.05, 0.1) is 24.8 Å². The molecule has 0 heterocycles. The van der Waals surface area contributed by atoms with Crippen molar-refractivity contribution in [2.24, 2.45) is 0 Å². The Morgan fingerprint density at radius 3 is 2.19 bits per heavy atom. The Morgan fingerprint density at radius 2 is 1.58 bits per heavy atom. The highest BCUT2D eigenvalue weighted by atomic mass is 35.5. The van der Waals surface area contributed by atoms with E-state index in [0.717, 1.165) is 16.7 Å². The number of esters is 1. The van der Waals surface area contributed by atoms with Crippen LogP contribution in [0.5, 0.6) is 11.5 Å². The molecule has 2 aromatic carbocycles. The summed E-state index contributed by atoms with van der Waals surface area (Å²) in [6.07, 6.45) is 0. The number of carbonyl (C=O) groups is 2. The van der Waals surface area contributed by atoms with Crippen LogP contribution >= 0.6 is 11.6 Å². The van der Waals surface area contributed by atoms with Gasteiger partial charge in [0.15, 0.2) is 18.1 Å². The number of halogens is 1. The van der Waals surface area contributed by atoms with Crippen molar-refractivity contribution < 1.29 is 23.8 Å². The summed E-state index contributed by atoms with van der Waals surface area (Å²) in [5.74, 6) is -0.288. The maximum atomic E-state index is 12.4. The molecule has 0 aliphatic heterocycles. The molecule has 0 saturated carbocycles. The van der Waals surface area contributed by atoms with Crippen molar-refractivity contribution >= 4 is 23.4 Å². The number of hydrogen-bond acceptors (Lipinski definition) is 5. The van der Waals surface area contributed by atoms with E-state index in [1.54, 1.807) is 0 Å². The number of benzene rings is 2. The van der Waals surface area contributed by atoms with E-state index in [-0.39, 0.29) is 23.0 Å². The molecule has 0 amide bonds. The van der Waals surface area contributed by atoms with Gasteiger partial charge >= 0.3 is 5.97 Å². The van der Waals surface area contributed by atoms with Crippen LogP contribution in [-0.4, -0.2) is 32.6 Å².